The van der Waals surface area contributed by atoms with Crippen molar-refractivity contribution < 1.29 is 4.79 Å². The van der Waals surface area contributed by atoms with Gasteiger partial charge in [0.25, 0.3) is 5.91 Å². The first-order valence-corrected chi connectivity index (χ1v) is 7.16. The van der Waals surface area contributed by atoms with Crippen molar-refractivity contribution in [3.63, 3.8) is 0 Å². The third kappa shape index (κ3) is 3.42. The van der Waals surface area contributed by atoms with E-state index in [1.165, 1.54) is 0 Å². The Balaban J connectivity index is 2.23. The van der Waals surface area contributed by atoms with Gasteiger partial charge in [0.05, 0.1) is 27.6 Å². The van der Waals surface area contributed by atoms with Gasteiger partial charge in [-0.25, -0.2) is 4.98 Å². The molecule has 0 bridgehead atoms. The zero-order chi connectivity index (χ0) is 14.7. The van der Waals surface area contributed by atoms with Crippen LogP contribution in [0.25, 0.3) is 0 Å². The normalized spacial score (nSPS) is 10.2. The number of carbonyl (C=O) groups is 1. The number of halogens is 3. The van der Waals surface area contributed by atoms with Crippen LogP contribution in [0.1, 0.15) is 10.5 Å². The van der Waals surface area contributed by atoms with E-state index >= 15 is 0 Å². The monoisotopic (exact) mass is 373 g/mol. The quantitative estimate of drug-likeness (QED) is 0.834. The van der Waals surface area contributed by atoms with E-state index in [9.17, 15) is 4.79 Å². The van der Waals surface area contributed by atoms with Gasteiger partial charge in [-0.2, -0.15) is 0 Å². The van der Waals surface area contributed by atoms with Crippen LogP contribution in [0.2, 0.25) is 10.0 Å². The number of pyridine rings is 1. The van der Waals surface area contributed by atoms with E-state index in [0.29, 0.717) is 15.7 Å². The Labute approximate surface area is 134 Å². The van der Waals surface area contributed by atoms with Crippen LogP contribution in [0, 0.1) is 0 Å². The Morgan fingerprint density at radius 1 is 1.25 bits per heavy atom. The summed E-state index contributed by atoms with van der Waals surface area (Å²) in [5, 5.41) is 6.28. The summed E-state index contributed by atoms with van der Waals surface area (Å²) in [5.41, 5.74) is 1.46. The molecule has 0 aliphatic rings. The van der Waals surface area contributed by atoms with Crippen LogP contribution >= 0.6 is 39.1 Å². The smallest absolute Gasteiger partial charge is 0.274 e. The molecule has 0 saturated carbocycles. The highest BCUT2D eigenvalue weighted by atomic mass is 79.9. The molecular weight excluding hydrogens is 365 g/mol. The fourth-order valence-corrected chi connectivity index (χ4v) is 2.82. The molecule has 1 aromatic carbocycles. The number of benzene rings is 1. The summed E-state index contributed by atoms with van der Waals surface area (Å²) in [6, 6.07) is 6.68. The number of amides is 1. The molecule has 2 N–H and O–H groups in total. The lowest BCUT2D eigenvalue weighted by Gasteiger charge is -2.09. The van der Waals surface area contributed by atoms with Gasteiger partial charge in [0.1, 0.15) is 5.69 Å². The van der Waals surface area contributed by atoms with Crippen LogP contribution in [-0.2, 0) is 0 Å². The van der Waals surface area contributed by atoms with Crippen molar-refractivity contribution in [3.8, 4) is 0 Å². The van der Waals surface area contributed by atoms with Crippen molar-refractivity contribution in [2.75, 3.05) is 17.7 Å². The number of nitrogens with zero attached hydrogens (tertiary/aromatic N) is 1. The second-order valence-electron chi connectivity index (χ2n) is 3.88. The average molecular weight is 375 g/mol. The summed E-state index contributed by atoms with van der Waals surface area (Å²) in [6.07, 6.45) is 1.57. The first kappa shape index (κ1) is 15.1. The summed E-state index contributed by atoms with van der Waals surface area (Å²) in [7, 11) is 1.78. The molecule has 104 valence electrons. The van der Waals surface area contributed by atoms with Gasteiger partial charge >= 0.3 is 0 Å². The minimum atomic E-state index is -0.376. The van der Waals surface area contributed by atoms with Crippen molar-refractivity contribution >= 4 is 56.4 Å². The molecule has 0 aliphatic heterocycles. The SMILES string of the molecule is CNc1ccc(C(=O)Nc2c(Cl)cc(Br)cc2Cl)nc1. The molecule has 1 aromatic heterocycles. The molecule has 1 heterocycles. The number of rotatable bonds is 3. The highest BCUT2D eigenvalue weighted by molar-refractivity contribution is 9.10. The van der Waals surface area contributed by atoms with Crippen LogP contribution in [0.3, 0.4) is 0 Å². The molecule has 0 saturated heterocycles. The average Bonchev–Trinajstić information content (AvgIpc) is 2.42. The van der Waals surface area contributed by atoms with Crippen LogP contribution in [0.4, 0.5) is 11.4 Å². The molecule has 2 rings (SSSR count). The summed E-state index contributed by atoms with van der Waals surface area (Å²) in [5.74, 6) is -0.376. The molecule has 0 aliphatic carbocycles. The first-order valence-electron chi connectivity index (χ1n) is 5.61. The Kier molecular flexibility index (Phi) is 4.86. The Hall–Kier alpha value is -1.30. The molecule has 0 spiro atoms. The largest absolute Gasteiger partial charge is 0.387 e. The lowest BCUT2D eigenvalue weighted by Crippen LogP contribution is -2.14. The van der Waals surface area contributed by atoms with E-state index < -0.39 is 0 Å². The highest BCUT2D eigenvalue weighted by Gasteiger charge is 2.13. The summed E-state index contributed by atoms with van der Waals surface area (Å²) < 4.78 is 0.738. The number of hydrogen-bond donors (Lipinski definition) is 2. The first-order chi connectivity index (χ1) is 9.51. The van der Waals surface area contributed by atoms with Crippen LogP contribution in [0.5, 0.6) is 0 Å². The summed E-state index contributed by atoms with van der Waals surface area (Å²) in [4.78, 5) is 16.1. The molecule has 0 atom stereocenters. The molecule has 7 heteroatoms. The fraction of sp³-hybridized carbons (Fsp3) is 0.0769. The summed E-state index contributed by atoms with van der Waals surface area (Å²) >= 11 is 15.4. The van der Waals surface area contributed by atoms with Crippen molar-refractivity contribution in [2.45, 2.75) is 0 Å². The number of anilines is 2. The third-order valence-electron chi connectivity index (χ3n) is 2.53. The maximum absolute atomic E-state index is 12.1. The minimum absolute atomic E-state index is 0.277. The van der Waals surface area contributed by atoms with Crippen LogP contribution in [0.15, 0.2) is 34.9 Å². The van der Waals surface area contributed by atoms with Gasteiger partial charge in [0, 0.05) is 11.5 Å². The molecular formula is C13H10BrCl2N3O. The predicted molar refractivity (Wildman–Crippen MR) is 85.9 cm³/mol. The van der Waals surface area contributed by atoms with E-state index in [4.69, 9.17) is 23.2 Å². The summed E-state index contributed by atoms with van der Waals surface area (Å²) in [6.45, 7) is 0. The lowest BCUT2D eigenvalue weighted by molar-refractivity contribution is 0.102. The topological polar surface area (TPSA) is 54.0 Å². The standard InChI is InChI=1S/C13H10BrCl2N3O/c1-17-8-2-3-11(18-6-8)13(20)19-12-9(15)4-7(14)5-10(12)16/h2-6,17H,1H3,(H,19,20). The van der Waals surface area contributed by atoms with Crippen molar-refractivity contribution in [1.29, 1.82) is 0 Å². The lowest BCUT2D eigenvalue weighted by atomic mass is 10.2. The molecule has 0 unspecified atom stereocenters. The van der Waals surface area contributed by atoms with Gasteiger partial charge in [0.15, 0.2) is 0 Å². The molecule has 20 heavy (non-hydrogen) atoms. The van der Waals surface area contributed by atoms with E-state index in [0.717, 1.165) is 10.2 Å². The highest BCUT2D eigenvalue weighted by Crippen LogP contribution is 2.34. The number of nitrogens with one attached hydrogen (secondary N) is 2. The number of hydrogen-bond acceptors (Lipinski definition) is 3. The van der Waals surface area contributed by atoms with Gasteiger partial charge in [0.2, 0.25) is 0 Å². The second kappa shape index (κ2) is 6.43. The zero-order valence-corrected chi connectivity index (χ0v) is 13.5. The van der Waals surface area contributed by atoms with Gasteiger partial charge in [-0.05, 0) is 24.3 Å². The molecule has 0 radical (unpaired) electrons. The fourth-order valence-electron chi connectivity index (χ4n) is 1.52. The van der Waals surface area contributed by atoms with E-state index in [2.05, 4.69) is 31.5 Å². The zero-order valence-electron chi connectivity index (χ0n) is 10.4. The Bertz CT molecular complexity index is 624. The molecule has 1 amide bonds. The number of carbonyl (C=O) groups excluding carboxylic acids is 1. The maximum atomic E-state index is 12.1. The minimum Gasteiger partial charge on any atom is -0.387 e. The third-order valence-corrected chi connectivity index (χ3v) is 3.58. The van der Waals surface area contributed by atoms with Crippen LogP contribution in [-0.4, -0.2) is 17.9 Å². The molecule has 2 aromatic rings. The Morgan fingerprint density at radius 3 is 2.40 bits per heavy atom. The van der Waals surface area contributed by atoms with E-state index in [-0.39, 0.29) is 11.6 Å². The van der Waals surface area contributed by atoms with Gasteiger partial charge < -0.3 is 10.6 Å². The van der Waals surface area contributed by atoms with Crippen molar-refractivity contribution in [3.05, 3.63) is 50.7 Å². The van der Waals surface area contributed by atoms with Crippen molar-refractivity contribution in [1.82, 2.24) is 4.98 Å². The van der Waals surface area contributed by atoms with Gasteiger partial charge in [-0.3, -0.25) is 4.79 Å². The predicted octanol–water partition coefficient (Wildman–Crippen LogP) is 4.44. The van der Waals surface area contributed by atoms with E-state index in [1.807, 2.05) is 0 Å². The van der Waals surface area contributed by atoms with Crippen LogP contribution < -0.4 is 10.6 Å². The van der Waals surface area contributed by atoms with Gasteiger partial charge in [-0.1, -0.05) is 39.1 Å². The number of aromatic nitrogens is 1. The Morgan fingerprint density at radius 2 is 1.90 bits per heavy atom. The second-order valence-corrected chi connectivity index (χ2v) is 5.61. The van der Waals surface area contributed by atoms with E-state index in [1.54, 1.807) is 37.5 Å². The van der Waals surface area contributed by atoms with Gasteiger partial charge in [-0.15, -0.1) is 0 Å². The van der Waals surface area contributed by atoms with Crippen molar-refractivity contribution in [2.24, 2.45) is 0 Å². The maximum Gasteiger partial charge on any atom is 0.274 e. The molecule has 4 nitrogen and oxygen atoms in total. The molecule has 0 fully saturated rings.